The minimum absolute atomic E-state index is 0. The van der Waals surface area contributed by atoms with Crippen molar-refractivity contribution in [2.75, 3.05) is 0 Å². The van der Waals surface area contributed by atoms with Crippen molar-refractivity contribution in [2.45, 2.75) is 13.0 Å². The standard InChI is InChI=1S/C20H18N2O2.BrH/c23-19-12-7-13-21-20(19)18(14-16-8-3-1-4-9-16)22-24-15-17-10-5-2-6-11-17;/h1-13,23H,14-15H2;1H. The lowest BCUT2D eigenvalue weighted by molar-refractivity contribution is -0.759. The fourth-order valence-corrected chi connectivity index (χ4v) is 2.38. The van der Waals surface area contributed by atoms with Crippen molar-refractivity contribution >= 4 is 5.71 Å². The number of nitrogens with zero attached hydrogens (tertiary/aromatic N) is 1. The molecule has 0 atom stereocenters. The summed E-state index contributed by atoms with van der Waals surface area (Å²) in [4.78, 5) is 9.90. The summed E-state index contributed by atoms with van der Waals surface area (Å²) in [5.74, 6) is 0.124. The largest absolute Gasteiger partial charge is 1.00 e. The van der Waals surface area contributed by atoms with Gasteiger partial charge >= 0.3 is 0 Å². The SMILES string of the molecule is Oc1cccnc1C(Cc1ccccc1)=[NH+]OCc1ccccc1.[Br-]. The van der Waals surface area contributed by atoms with E-state index in [0.717, 1.165) is 16.8 Å². The van der Waals surface area contributed by atoms with Gasteiger partial charge in [0, 0.05) is 6.20 Å². The molecule has 0 saturated carbocycles. The van der Waals surface area contributed by atoms with Gasteiger partial charge in [0.25, 0.3) is 5.71 Å². The monoisotopic (exact) mass is 398 g/mol. The molecular formula is C20H19BrN2O2. The molecule has 0 aliphatic heterocycles. The van der Waals surface area contributed by atoms with Crippen molar-refractivity contribution in [2.24, 2.45) is 0 Å². The summed E-state index contributed by atoms with van der Waals surface area (Å²) in [6, 6.07) is 23.2. The van der Waals surface area contributed by atoms with E-state index >= 15 is 0 Å². The first-order valence-electron chi connectivity index (χ1n) is 7.79. The average molecular weight is 399 g/mol. The van der Waals surface area contributed by atoms with Crippen LogP contribution in [-0.2, 0) is 17.9 Å². The van der Waals surface area contributed by atoms with E-state index in [1.54, 1.807) is 18.3 Å². The molecule has 3 rings (SSSR count). The van der Waals surface area contributed by atoms with Crippen molar-refractivity contribution in [1.82, 2.24) is 4.98 Å². The number of nitrogens with one attached hydrogen (secondary N) is 1. The van der Waals surface area contributed by atoms with E-state index in [0.29, 0.717) is 18.7 Å². The van der Waals surface area contributed by atoms with Crippen LogP contribution >= 0.6 is 0 Å². The maximum absolute atomic E-state index is 10.1. The molecule has 4 nitrogen and oxygen atoms in total. The summed E-state index contributed by atoms with van der Waals surface area (Å²) in [5, 5.41) is 13.1. The topological polar surface area (TPSA) is 56.3 Å². The number of pyridine rings is 1. The maximum Gasteiger partial charge on any atom is 0.258 e. The first-order chi connectivity index (χ1) is 11.8. The molecule has 0 amide bonds. The highest BCUT2D eigenvalue weighted by Gasteiger charge is 2.18. The van der Waals surface area contributed by atoms with Gasteiger partial charge in [-0.05, 0) is 28.4 Å². The molecule has 25 heavy (non-hydrogen) atoms. The Kier molecular flexibility index (Phi) is 7.16. The molecular weight excluding hydrogens is 380 g/mol. The molecule has 3 aromatic rings. The predicted octanol–water partition coefficient (Wildman–Crippen LogP) is -0.965. The summed E-state index contributed by atoms with van der Waals surface area (Å²) in [6.45, 7) is 0.423. The Morgan fingerprint density at radius 1 is 0.880 bits per heavy atom. The fourth-order valence-electron chi connectivity index (χ4n) is 2.38. The predicted molar refractivity (Wildman–Crippen MR) is 92.4 cm³/mol. The quantitative estimate of drug-likeness (QED) is 0.415. The zero-order valence-corrected chi connectivity index (χ0v) is 15.2. The highest BCUT2D eigenvalue weighted by Crippen LogP contribution is 2.14. The van der Waals surface area contributed by atoms with Gasteiger partial charge in [-0.15, -0.1) is 0 Å². The number of halogens is 1. The van der Waals surface area contributed by atoms with Crippen molar-refractivity contribution in [3.63, 3.8) is 0 Å². The van der Waals surface area contributed by atoms with Crippen LogP contribution in [0, 0.1) is 0 Å². The van der Waals surface area contributed by atoms with Gasteiger partial charge in [-0.2, -0.15) is 0 Å². The minimum Gasteiger partial charge on any atom is -1.00 e. The van der Waals surface area contributed by atoms with Gasteiger partial charge in [-0.1, -0.05) is 60.7 Å². The summed E-state index contributed by atoms with van der Waals surface area (Å²) >= 11 is 0. The summed E-state index contributed by atoms with van der Waals surface area (Å²) in [7, 11) is 0. The molecule has 5 heteroatoms. The molecule has 0 aliphatic carbocycles. The van der Waals surface area contributed by atoms with Crippen LogP contribution < -0.4 is 22.1 Å². The van der Waals surface area contributed by atoms with Crippen LogP contribution in [0.1, 0.15) is 16.8 Å². The first kappa shape index (κ1) is 18.7. The molecule has 128 valence electrons. The first-order valence-corrected chi connectivity index (χ1v) is 7.79. The smallest absolute Gasteiger partial charge is 0.258 e. The Hall–Kier alpha value is -2.66. The number of aromatic hydroxyl groups is 1. The Balaban J connectivity index is 0.00000225. The number of aromatic nitrogens is 1. The lowest BCUT2D eigenvalue weighted by atomic mass is 10.1. The Morgan fingerprint density at radius 2 is 1.52 bits per heavy atom. The third-order valence-corrected chi connectivity index (χ3v) is 3.57. The van der Waals surface area contributed by atoms with Gasteiger partial charge in [0.1, 0.15) is 5.75 Å². The van der Waals surface area contributed by atoms with Gasteiger partial charge in [-0.3, -0.25) is 4.84 Å². The fraction of sp³-hybridized carbons (Fsp3) is 0.100. The zero-order chi connectivity index (χ0) is 16.6. The lowest BCUT2D eigenvalue weighted by Crippen LogP contribution is -3.00. The van der Waals surface area contributed by atoms with Crippen molar-refractivity contribution in [3.8, 4) is 5.75 Å². The van der Waals surface area contributed by atoms with Crippen LogP contribution in [0.15, 0.2) is 79.0 Å². The zero-order valence-electron chi connectivity index (χ0n) is 13.6. The summed E-state index contributed by atoms with van der Waals surface area (Å²) < 4.78 is 0. The van der Waals surface area contributed by atoms with Crippen LogP contribution in [0.25, 0.3) is 0 Å². The van der Waals surface area contributed by atoms with E-state index in [9.17, 15) is 5.11 Å². The Bertz CT molecular complexity index is 808. The van der Waals surface area contributed by atoms with Gasteiger partial charge in [0.05, 0.1) is 6.42 Å². The van der Waals surface area contributed by atoms with E-state index in [2.05, 4.69) is 10.1 Å². The number of hydrogen-bond acceptors (Lipinski definition) is 3. The van der Waals surface area contributed by atoms with Crippen molar-refractivity contribution < 1.29 is 32.1 Å². The number of hydrogen-bond donors (Lipinski definition) is 2. The molecule has 0 saturated heterocycles. The maximum atomic E-state index is 10.1. The molecule has 0 radical (unpaired) electrons. The number of benzene rings is 2. The average Bonchev–Trinajstić information content (AvgIpc) is 2.63. The molecule has 2 aromatic carbocycles. The Morgan fingerprint density at radius 3 is 2.16 bits per heavy atom. The van der Waals surface area contributed by atoms with Gasteiger partial charge in [0.2, 0.25) is 0 Å². The molecule has 0 aliphatic rings. The molecule has 0 fully saturated rings. The molecule has 1 aromatic heterocycles. The van der Waals surface area contributed by atoms with E-state index in [1.165, 1.54) is 0 Å². The minimum atomic E-state index is 0. The van der Waals surface area contributed by atoms with E-state index in [1.807, 2.05) is 60.7 Å². The van der Waals surface area contributed by atoms with Gasteiger partial charge in [0.15, 0.2) is 12.3 Å². The second kappa shape index (κ2) is 9.59. The van der Waals surface area contributed by atoms with Gasteiger partial charge < -0.3 is 22.1 Å². The van der Waals surface area contributed by atoms with Crippen LogP contribution in [-0.4, -0.2) is 15.8 Å². The molecule has 0 bridgehead atoms. The summed E-state index contributed by atoms with van der Waals surface area (Å²) in [6.07, 6.45) is 2.24. The lowest BCUT2D eigenvalue weighted by Gasteiger charge is -2.03. The van der Waals surface area contributed by atoms with Crippen molar-refractivity contribution in [3.05, 3.63) is 95.8 Å². The Labute approximate surface area is 157 Å². The van der Waals surface area contributed by atoms with Crippen LogP contribution in [0.3, 0.4) is 0 Å². The molecule has 1 heterocycles. The highest BCUT2D eigenvalue weighted by molar-refractivity contribution is 5.97. The van der Waals surface area contributed by atoms with Crippen LogP contribution in [0.2, 0.25) is 0 Å². The molecule has 0 spiro atoms. The normalized spacial score (nSPS) is 10.8. The summed E-state index contributed by atoms with van der Waals surface area (Å²) in [5.41, 5.74) is 3.38. The molecule has 2 N–H and O–H groups in total. The third-order valence-electron chi connectivity index (χ3n) is 3.57. The second-order valence-electron chi connectivity index (χ2n) is 5.39. The van der Waals surface area contributed by atoms with Crippen molar-refractivity contribution in [1.29, 1.82) is 0 Å². The highest BCUT2D eigenvalue weighted by atomic mass is 79.9. The molecule has 0 unspecified atom stereocenters. The second-order valence-corrected chi connectivity index (χ2v) is 5.39. The van der Waals surface area contributed by atoms with E-state index < -0.39 is 0 Å². The van der Waals surface area contributed by atoms with E-state index in [-0.39, 0.29) is 22.7 Å². The van der Waals surface area contributed by atoms with Crippen LogP contribution in [0.4, 0.5) is 0 Å². The number of rotatable bonds is 6. The van der Waals surface area contributed by atoms with Gasteiger partial charge in [-0.25, -0.2) is 4.98 Å². The van der Waals surface area contributed by atoms with Crippen LogP contribution in [0.5, 0.6) is 5.75 Å². The van der Waals surface area contributed by atoms with E-state index in [4.69, 9.17) is 4.84 Å². The third kappa shape index (κ3) is 5.43.